The molecule has 18 nitrogen and oxygen atoms in total. The predicted octanol–water partition coefficient (Wildman–Crippen LogP) is 3.94. The molecule has 67 heavy (non-hydrogen) atoms. The lowest BCUT2D eigenvalue weighted by molar-refractivity contribution is -0.352. The maximum atomic E-state index is 13.7. The van der Waals surface area contributed by atoms with E-state index in [1.54, 1.807) is 28.3 Å². The third kappa shape index (κ3) is 8.77. The highest BCUT2D eigenvalue weighted by molar-refractivity contribution is 5.89. The molecule has 8 rings (SSSR count). The van der Waals surface area contributed by atoms with Gasteiger partial charge in [0.2, 0.25) is 5.79 Å². The number of phenolic OH excluding ortho intramolecular Hbond substituents is 1. The van der Waals surface area contributed by atoms with Crippen LogP contribution < -0.4 is 0 Å². The van der Waals surface area contributed by atoms with Crippen molar-refractivity contribution in [3.05, 3.63) is 41.5 Å². The first-order chi connectivity index (χ1) is 31.6. The molecule has 3 heterocycles. The third-order valence-corrected chi connectivity index (χ3v) is 16.9. The van der Waals surface area contributed by atoms with E-state index in [9.17, 15) is 35.1 Å². The van der Waals surface area contributed by atoms with E-state index >= 15 is 0 Å². The monoisotopic (exact) mass is 948 g/mol. The zero-order chi connectivity index (χ0) is 48.4. The molecule has 0 radical (unpaired) electrons. The SMILES string of the molecule is COC1CC(OC2C(C)OC(OC3C(C)OC(O[C@H]4CC[C@@]5(C)C(=CC[C@]6(O)[C@@H]5C[C@@H](OC(=O)c5ccc(O)cc5)[C@@]5(C)[C@]6(O)CC[C@@]5(O)OC(C)=O)C4)CC3OC)CC2OC)OC(C)C1O. The van der Waals surface area contributed by atoms with Gasteiger partial charge in [-0.2, -0.15) is 0 Å². The summed E-state index contributed by atoms with van der Waals surface area (Å²) in [5, 5.41) is 58.3. The van der Waals surface area contributed by atoms with Crippen molar-refractivity contribution in [2.75, 3.05) is 21.3 Å². The summed E-state index contributed by atoms with van der Waals surface area (Å²) >= 11 is 0. The molecule has 7 aliphatic rings. The van der Waals surface area contributed by atoms with Crippen molar-refractivity contribution >= 4 is 11.9 Å². The van der Waals surface area contributed by atoms with Crippen LogP contribution in [-0.4, -0.2) is 162 Å². The Balaban J connectivity index is 0.931. The van der Waals surface area contributed by atoms with E-state index in [1.165, 1.54) is 31.2 Å². The zero-order valence-electron chi connectivity index (χ0n) is 40.2. The Hall–Kier alpha value is -2.82. The lowest BCUT2D eigenvalue weighted by Gasteiger charge is -2.66. The molecular formula is C49H72O18. The topological polar surface area (TPSA) is 237 Å². The van der Waals surface area contributed by atoms with Gasteiger partial charge in [0.15, 0.2) is 18.9 Å². The highest BCUT2D eigenvalue weighted by atomic mass is 16.7. The van der Waals surface area contributed by atoms with Gasteiger partial charge in [0, 0.05) is 59.9 Å². The Morgan fingerprint density at radius 3 is 1.85 bits per heavy atom. The van der Waals surface area contributed by atoms with E-state index in [0.29, 0.717) is 38.5 Å². The van der Waals surface area contributed by atoms with Crippen LogP contribution in [0.25, 0.3) is 0 Å². The smallest absolute Gasteiger partial charge is 0.338 e. The molecule has 0 amide bonds. The van der Waals surface area contributed by atoms with Crippen molar-refractivity contribution in [3.63, 3.8) is 0 Å². The van der Waals surface area contributed by atoms with Crippen LogP contribution >= 0.6 is 0 Å². The average molecular weight is 949 g/mol. The Labute approximate surface area is 392 Å². The second-order valence-corrected chi connectivity index (χ2v) is 20.5. The maximum absolute atomic E-state index is 13.7. The van der Waals surface area contributed by atoms with E-state index in [0.717, 1.165) is 12.5 Å². The average Bonchev–Trinajstić information content (AvgIpc) is 3.49. The number of methoxy groups -OCH3 is 3. The van der Waals surface area contributed by atoms with Gasteiger partial charge in [0.05, 0.1) is 48.3 Å². The highest BCUT2D eigenvalue weighted by Crippen LogP contribution is 2.71. The minimum Gasteiger partial charge on any atom is -0.508 e. The van der Waals surface area contributed by atoms with Crippen molar-refractivity contribution in [3.8, 4) is 5.75 Å². The van der Waals surface area contributed by atoms with E-state index in [2.05, 4.69) is 6.92 Å². The van der Waals surface area contributed by atoms with E-state index in [-0.39, 0.29) is 49.2 Å². The molecule has 3 saturated heterocycles. The van der Waals surface area contributed by atoms with Gasteiger partial charge < -0.3 is 77.6 Å². The van der Waals surface area contributed by atoms with Crippen LogP contribution in [0.5, 0.6) is 5.75 Å². The Morgan fingerprint density at radius 1 is 0.731 bits per heavy atom. The summed E-state index contributed by atoms with van der Waals surface area (Å²) in [5.41, 5.74) is -5.17. The van der Waals surface area contributed by atoms with Gasteiger partial charge >= 0.3 is 11.9 Å². The Bertz CT molecular complexity index is 1970. The molecule has 3 saturated carbocycles. The number of hydrogen-bond acceptors (Lipinski definition) is 18. The normalized spacial score (nSPS) is 47.5. The number of fused-ring (bicyclic) bond motifs is 5. The molecule has 12 unspecified atom stereocenters. The van der Waals surface area contributed by atoms with Crippen LogP contribution in [0.1, 0.15) is 116 Å². The maximum Gasteiger partial charge on any atom is 0.338 e. The fraction of sp³-hybridized carbons (Fsp3) is 0.796. The molecule has 0 bridgehead atoms. The van der Waals surface area contributed by atoms with Crippen molar-refractivity contribution in [1.82, 2.24) is 0 Å². The van der Waals surface area contributed by atoms with Crippen LogP contribution in [0.4, 0.5) is 0 Å². The van der Waals surface area contributed by atoms with Gasteiger partial charge in [-0.25, -0.2) is 4.79 Å². The lowest BCUT2D eigenvalue weighted by atomic mass is 9.43. The van der Waals surface area contributed by atoms with Gasteiger partial charge in [-0.05, 0) is 95.9 Å². The van der Waals surface area contributed by atoms with Crippen molar-refractivity contribution in [2.24, 2.45) is 16.7 Å². The van der Waals surface area contributed by atoms with Crippen LogP contribution in [0, 0.1) is 16.7 Å². The molecule has 1 aromatic rings. The molecule has 0 spiro atoms. The summed E-state index contributed by atoms with van der Waals surface area (Å²) in [6.07, 6.45) is -3.05. The van der Waals surface area contributed by atoms with Gasteiger partial charge in [-0.15, -0.1) is 0 Å². The molecule has 20 atom stereocenters. The third-order valence-electron chi connectivity index (χ3n) is 16.9. The molecule has 4 aliphatic carbocycles. The van der Waals surface area contributed by atoms with Crippen LogP contribution in [0.2, 0.25) is 0 Å². The number of esters is 2. The highest BCUT2D eigenvalue weighted by Gasteiger charge is 2.82. The summed E-state index contributed by atoms with van der Waals surface area (Å²) in [4.78, 5) is 26.2. The van der Waals surface area contributed by atoms with Crippen LogP contribution in [-0.2, 0) is 56.9 Å². The number of rotatable bonds is 12. The van der Waals surface area contributed by atoms with Gasteiger partial charge in [-0.3, -0.25) is 4.79 Å². The molecular weight excluding hydrogens is 877 g/mol. The number of aliphatic hydroxyl groups excluding tert-OH is 1. The summed E-state index contributed by atoms with van der Waals surface area (Å²) in [6, 6.07) is 5.54. The lowest BCUT2D eigenvalue weighted by Crippen LogP contribution is -2.78. The quantitative estimate of drug-likeness (QED) is 0.113. The number of carbonyl (C=O) groups excluding carboxylic acids is 2. The van der Waals surface area contributed by atoms with Crippen molar-refractivity contribution < 1.29 is 87.2 Å². The molecule has 1 aromatic carbocycles. The number of carbonyl (C=O) groups is 2. The second kappa shape index (κ2) is 19.1. The van der Waals surface area contributed by atoms with Gasteiger partial charge in [0.25, 0.3) is 0 Å². The van der Waals surface area contributed by atoms with Crippen molar-refractivity contribution in [1.29, 1.82) is 0 Å². The predicted molar refractivity (Wildman–Crippen MR) is 234 cm³/mol. The summed E-state index contributed by atoms with van der Waals surface area (Å²) in [5.74, 6) is -4.47. The van der Waals surface area contributed by atoms with Crippen molar-refractivity contribution in [2.45, 2.75) is 209 Å². The van der Waals surface area contributed by atoms with Crippen LogP contribution in [0.15, 0.2) is 35.9 Å². The summed E-state index contributed by atoms with van der Waals surface area (Å²) in [6.45, 7) is 10.3. The number of ether oxygens (including phenoxy) is 11. The molecule has 376 valence electrons. The summed E-state index contributed by atoms with van der Waals surface area (Å²) < 4.78 is 67.6. The van der Waals surface area contributed by atoms with Gasteiger partial charge in [-0.1, -0.05) is 18.6 Å². The first kappa shape index (κ1) is 50.6. The fourth-order valence-corrected chi connectivity index (χ4v) is 13.0. The molecule has 5 N–H and O–H groups in total. The number of benzene rings is 1. The standard InChI is InChI=1S/C49H72O18/c1-25-41(52)33(57-7)21-39(60-25)65-43-27(3)62-40(23-35(43)59-9)66-42-26(2)61-38(22-34(42)58-8)63-32-15-16-45(5)30(20-32)14-17-47(54)36(45)24-37(64-44(53)29-10-12-31(51)13-11-29)46(6)48(47,55)18-19-49(46,56)67-28(4)50/h10-14,25-27,32-43,51-52,54-56H,15-24H2,1-9H3/t25?,26?,27?,32-,33?,34?,35?,36+,37+,38?,39?,40?,41?,42?,43?,45-,46-,47-,48+,49+/m0/s1. The molecule has 0 aromatic heterocycles. The zero-order valence-corrected chi connectivity index (χ0v) is 40.2. The van der Waals surface area contributed by atoms with E-state index in [4.69, 9.17) is 52.1 Å². The number of aromatic hydroxyl groups is 1. The fourth-order valence-electron chi connectivity index (χ4n) is 13.0. The first-order valence-electron chi connectivity index (χ1n) is 23.9. The molecule has 6 fully saturated rings. The second-order valence-electron chi connectivity index (χ2n) is 20.5. The Morgan fingerprint density at radius 2 is 1.28 bits per heavy atom. The minimum absolute atomic E-state index is 0.0382. The molecule has 3 aliphatic heterocycles. The Kier molecular flexibility index (Phi) is 14.4. The first-order valence-corrected chi connectivity index (χ1v) is 23.9. The largest absolute Gasteiger partial charge is 0.508 e. The van der Waals surface area contributed by atoms with Crippen LogP contribution in [0.3, 0.4) is 0 Å². The number of phenols is 1. The molecule has 18 heteroatoms. The minimum atomic E-state index is -2.26. The van der Waals surface area contributed by atoms with E-state index in [1.807, 2.05) is 19.9 Å². The number of hydrogen-bond donors (Lipinski definition) is 5. The van der Waals surface area contributed by atoms with E-state index < -0.39 is 119 Å². The summed E-state index contributed by atoms with van der Waals surface area (Å²) in [7, 11) is 4.81. The van der Waals surface area contributed by atoms with Gasteiger partial charge in [0.1, 0.15) is 46.8 Å². The number of aliphatic hydroxyl groups is 4.